The fourth-order valence-corrected chi connectivity index (χ4v) is 3.46. The van der Waals surface area contributed by atoms with Crippen molar-refractivity contribution >= 4 is 28.4 Å². The molecule has 0 saturated heterocycles. The molecule has 0 aliphatic rings. The second-order valence-electron chi connectivity index (χ2n) is 7.81. The molecule has 190 valence electrons. The Kier molecular flexibility index (Phi) is 6.32. The molecular weight excluding hydrogens is 500 g/mol. The molecule has 0 fully saturated rings. The first-order chi connectivity index (χ1) is 18.3. The number of alkyl halides is 2. The maximum Gasteiger partial charge on any atom is 0.482 e. The number of halogens is 2. The monoisotopic (exact) mass is 517 g/mol. The number of nitrogens with one attached hydrogen (secondary N) is 1. The van der Waals surface area contributed by atoms with E-state index in [1.807, 2.05) is 0 Å². The number of nitrogens with zero attached hydrogens (tertiary/aromatic N) is 8. The summed E-state index contributed by atoms with van der Waals surface area (Å²) in [5.41, 5.74) is 1.77. The van der Waals surface area contributed by atoms with Crippen LogP contribution >= 0.6 is 0 Å². The van der Waals surface area contributed by atoms with Gasteiger partial charge >= 0.3 is 18.0 Å². The summed E-state index contributed by atoms with van der Waals surface area (Å²) in [5.74, 6) is -1.68. The zero-order valence-corrected chi connectivity index (χ0v) is 19.6. The summed E-state index contributed by atoms with van der Waals surface area (Å²) < 4.78 is 41.9. The minimum atomic E-state index is -4.13. The van der Waals surface area contributed by atoms with E-state index in [1.165, 1.54) is 45.6 Å². The Labute approximate surface area is 213 Å². The number of amides is 1. The Morgan fingerprint density at radius 1 is 1.11 bits per heavy atom. The van der Waals surface area contributed by atoms with Gasteiger partial charge in [-0.15, -0.1) is 0 Å². The summed E-state index contributed by atoms with van der Waals surface area (Å²) in [6, 6.07) is 16.8. The summed E-state index contributed by atoms with van der Waals surface area (Å²) in [7, 11) is 1.63. The van der Waals surface area contributed by atoms with Crippen LogP contribution in [0.2, 0.25) is 0 Å². The van der Waals surface area contributed by atoms with Crippen LogP contribution in [0.15, 0.2) is 66.7 Å². The highest BCUT2D eigenvalue weighted by molar-refractivity contribution is 5.94. The van der Waals surface area contributed by atoms with Gasteiger partial charge in [-0.25, -0.2) is 19.1 Å². The normalized spacial score (nSPS) is 11.2. The highest BCUT2D eigenvalue weighted by atomic mass is 19.3. The van der Waals surface area contributed by atoms with Crippen molar-refractivity contribution in [3.05, 3.63) is 83.8 Å². The topological polar surface area (TPSA) is 126 Å². The van der Waals surface area contributed by atoms with E-state index in [1.54, 1.807) is 37.4 Å². The van der Waals surface area contributed by atoms with Crippen molar-refractivity contribution in [2.24, 2.45) is 7.05 Å². The summed E-state index contributed by atoms with van der Waals surface area (Å²) in [5, 5.41) is 13.5. The molecular formula is C24H17F2N9O3. The Hall–Kier alpha value is -5.45. The lowest BCUT2D eigenvalue weighted by Gasteiger charge is -2.17. The van der Waals surface area contributed by atoms with Crippen molar-refractivity contribution in [2.45, 2.75) is 12.7 Å². The average molecular weight is 517 g/mol. The summed E-state index contributed by atoms with van der Waals surface area (Å²) in [6.07, 6.45) is -4.13. The summed E-state index contributed by atoms with van der Waals surface area (Å²) in [6.45, 7) is 7.16. The first-order valence-corrected chi connectivity index (χ1v) is 11.0. The van der Waals surface area contributed by atoms with Gasteiger partial charge in [-0.1, -0.05) is 35.4 Å². The van der Waals surface area contributed by atoms with Gasteiger partial charge in [-0.05, 0) is 46.8 Å². The standard InChI is InChI=1S/C24H17F2N9O3/c1-27-15-11-12-18-19(13-15)35(22-31-32-33-34(22)2)23(29-18)37-14-16-7-6-10-20(28-16)30-21(36)24(25,26)38-17-8-4-3-5-9-17/h3-13H,14H2,2H3,(H,28,30,36). The van der Waals surface area contributed by atoms with E-state index >= 15 is 0 Å². The van der Waals surface area contributed by atoms with Crippen molar-refractivity contribution in [1.29, 1.82) is 0 Å². The molecule has 3 aromatic heterocycles. The molecule has 5 aromatic rings. The van der Waals surface area contributed by atoms with E-state index in [-0.39, 0.29) is 24.2 Å². The first kappa shape index (κ1) is 24.3. The predicted molar refractivity (Wildman–Crippen MR) is 129 cm³/mol. The largest absolute Gasteiger partial charge is 0.482 e. The van der Waals surface area contributed by atoms with Crippen LogP contribution in [0.25, 0.3) is 21.8 Å². The van der Waals surface area contributed by atoms with Gasteiger partial charge in [0.05, 0.1) is 23.3 Å². The number of pyridine rings is 1. The van der Waals surface area contributed by atoms with Gasteiger partial charge in [0.15, 0.2) is 5.69 Å². The van der Waals surface area contributed by atoms with Gasteiger partial charge in [0.2, 0.25) is 0 Å². The van der Waals surface area contributed by atoms with Crippen LogP contribution in [0.3, 0.4) is 0 Å². The number of fused-ring (bicyclic) bond motifs is 1. The third kappa shape index (κ3) is 4.93. The number of rotatable bonds is 8. The lowest BCUT2D eigenvalue weighted by atomic mass is 10.3. The van der Waals surface area contributed by atoms with E-state index in [4.69, 9.17) is 11.3 Å². The van der Waals surface area contributed by atoms with Crippen molar-refractivity contribution in [2.75, 3.05) is 5.32 Å². The highest BCUT2D eigenvalue weighted by Crippen LogP contribution is 2.29. The van der Waals surface area contributed by atoms with Gasteiger partial charge in [-0.3, -0.25) is 4.79 Å². The van der Waals surface area contributed by atoms with E-state index in [9.17, 15) is 13.6 Å². The number of ether oxygens (including phenoxy) is 2. The molecule has 14 heteroatoms. The molecule has 0 saturated carbocycles. The first-order valence-electron chi connectivity index (χ1n) is 11.0. The lowest BCUT2D eigenvalue weighted by Crippen LogP contribution is -2.40. The molecule has 0 spiro atoms. The van der Waals surface area contributed by atoms with Crippen molar-refractivity contribution in [1.82, 2.24) is 34.7 Å². The van der Waals surface area contributed by atoms with Crippen molar-refractivity contribution in [3.63, 3.8) is 0 Å². The molecule has 0 aliphatic heterocycles. The fraction of sp³-hybridized carbons (Fsp3) is 0.125. The lowest BCUT2D eigenvalue weighted by molar-refractivity contribution is -0.187. The van der Waals surface area contributed by atoms with E-state index in [0.717, 1.165) is 0 Å². The number of tetrazole rings is 1. The number of imidazole rings is 1. The molecule has 0 aliphatic carbocycles. The van der Waals surface area contributed by atoms with Crippen LogP contribution in [-0.4, -0.2) is 46.8 Å². The molecule has 38 heavy (non-hydrogen) atoms. The number of benzene rings is 2. The molecule has 0 atom stereocenters. The Morgan fingerprint density at radius 3 is 2.66 bits per heavy atom. The fourth-order valence-electron chi connectivity index (χ4n) is 3.46. The third-order valence-corrected chi connectivity index (χ3v) is 5.19. The quantitative estimate of drug-likeness (QED) is 0.309. The SMILES string of the molecule is [C-]#[N+]c1ccc2nc(OCc3cccc(NC(=O)C(F)(F)Oc4ccccc4)n3)n(-c3nnnn3C)c2c1. The minimum absolute atomic E-state index is 0.110. The maximum atomic E-state index is 14.3. The average Bonchev–Trinajstić information content (AvgIpc) is 3.49. The van der Waals surface area contributed by atoms with Crippen LogP contribution in [-0.2, 0) is 18.4 Å². The zero-order valence-electron chi connectivity index (χ0n) is 19.6. The smallest absolute Gasteiger partial charge is 0.458 e. The number of carbonyl (C=O) groups is 1. The van der Waals surface area contributed by atoms with Crippen molar-refractivity contribution < 1.29 is 23.0 Å². The molecule has 0 bridgehead atoms. The number of anilines is 1. The molecule has 0 unspecified atom stereocenters. The molecule has 0 radical (unpaired) electrons. The number of carbonyl (C=O) groups excluding carboxylic acids is 1. The highest BCUT2D eigenvalue weighted by Gasteiger charge is 2.42. The number of hydrogen-bond acceptors (Lipinski definition) is 8. The molecule has 1 amide bonds. The van der Waals surface area contributed by atoms with Crippen molar-refractivity contribution in [3.8, 4) is 17.7 Å². The van der Waals surface area contributed by atoms with Crippen LogP contribution in [0.5, 0.6) is 11.8 Å². The van der Waals surface area contributed by atoms with Crippen LogP contribution in [0, 0.1) is 6.57 Å². The minimum Gasteiger partial charge on any atom is -0.458 e. The molecule has 2 aromatic carbocycles. The number of para-hydroxylation sites is 1. The van der Waals surface area contributed by atoms with E-state index in [2.05, 4.69) is 40.4 Å². The number of hydrogen-bond donors (Lipinski definition) is 1. The van der Waals surface area contributed by atoms with Gasteiger partial charge in [0.1, 0.15) is 18.2 Å². The predicted octanol–water partition coefficient (Wildman–Crippen LogP) is 3.68. The van der Waals surface area contributed by atoms with Gasteiger partial charge in [-0.2, -0.15) is 13.8 Å². The van der Waals surface area contributed by atoms with E-state index in [0.29, 0.717) is 28.4 Å². The van der Waals surface area contributed by atoms with Gasteiger partial charge in [0.25, 0.3) is 5.95 Å². The summed E-state index contributed by atoms with van der Waals surface area (Å²) >= 11 is 0. The Balaban J connectivity index is 1.35. The molecule has 1 N–H and O–H groups in total. The third-order valence-electron chi connectivity index (χ3n) is 5.19. The van der Waals surface area contributed by atoms with Gasteiger partial charge in [0, 0.05) is 7.05 Å². The molecule has 12 nitrogen and oxygen atoms in total. The van der Waals surface area contributed by atoms with Crippen LogP contribution < -0.4 is 14.8 Å². The van der Waals surface area contributed by atoms with E-state index < -0.39 is 12.0 Å². The second-order valence-corrected chi connectivity index (χ2v) is 7.81. The molecule has 5 rings (SSSR count). The van der Waals surface area contributed by atoms with Crippen LogP contribution in [0.1, 0.15) is 5.69 Å². The zero-order chi connectivity index (χ0) is 26.7. The second kappa shape index (κ2) is 9.90. The summed E-state index contributed by atoms with van der Waals surface area (Å²) in [4.78, 5) is 24.3. The number of aryl methyl sites for hydroxylation is 1. The number of aromatic nitrogens is 7. The van der Waals surface area contributed by atoms with Gasteiger partial charge < -0.3 is 14.8 Å². The van der Waals surface area contributed by atoms with Crippen LogP contribution in [0.4, 0.5) is 20.3 Å². The Morgan fingerprint density at radius 2 is 1.92 bits per heavy atom. The molecule has 3 heterocycles. The maximum absolute atomic E-state index is 14.3. The Bertz CT molecular complexity index is 1660.